The van der Waals surface area contributed by atoms with Crippen LogP contribution in [0.3, 0.4) is 0 Å². The minimum atomic E-state index is 0.0521. The van der Waals surface area contributed by atoms with Gasteiger partial charge in [-0.05, 0) is 12.1 Å². The lowest BCUT2D eigenvalue weighted by Crippen LogP contribution is -2.17. The van der Waals surface area contributed by atoms with Gasteiger partial charge in [0.25, 0.3) is 0 Å². The largest absolute Gasteiger partial charge is 0.409 e. The highest BCUT2D eigenvalue weighted by atomic mass is 32.1. The molecule has 17 heavy (non-hydrogen) atoms. The van der Waals surface area contributed by atoms with Crippen molar-refractivity contribution in [1.82, 2.24) is 13.9 Å². The van der Waals surface area contributed by atoms with Crippen LogP contribution in [0.1, 0.15) is 31.3 Å². The standard InChI is InChI=1S/C10H13N5OS/c1-6(2)9-12-10(17-14-9)15-5-3-4-7(15)8(11)13-16/h3-6,16H,1-2H3,(H2,11,13). The SMILES string of the molecule is CC(C)c1nsc(-n2cccc2/C(N)=N/O)n1. The number of hydrogen-bond acceptors (Lipinski definition) is 5. The Morgan fingerprint density at radius 3 is 2.94 bits per heavy atom. The monoisotopic (exact) mass is 251 g/mol. The fraction of sp³-hybridized carbons (Fsp3) is 0.300. The molecule has 0 fully saturated rings. The first kappa shape index (κ1) is 11.6. The van der Waals surface area contributed by atoms with Crippen LogP contribution < -0.4 is 5.73 Å². The van der Waals surface area contributed by atoms with Gasteiger partial charge in [0, 0.05) is 23.6 Å². The molecule has 6 nitrogen and oxygen atoms in total. The van der Waals surface area contributed by atoms with E-state index in [2.05, 4.69) is 14.5 Å². The van der Waals surface area contributed by atoms with Crippen molar-refractivity contribution in [1.29, 1.82) is 0 Å². The molecule has 0 radical (unpaired) electrons. The van der Waals surface area contributed by atoms with Crippen molar-refractivity contribution in [2.45, 2.75) is 19.8 Å². The van der Waals surface area contributed by atoms with Gasteiger partial charge in [-0.1, -0.05) is 19.0 Å². The lowest BCUT2D eigenvalue weighted by atomic mass is 10.2. The van der Waals surface area contributed by atoms with E-state index in [1.54, 1.807) is 16.8 Å². The molecule has 2 aromatic heterocycles. The van der Waals surface area contributed by atoms with Gasteiger partial charge in [0.1, 0.15) is 5.82 Å². The summed E-state index contributed by atoms with van der Waals surface area (Å²) in [5, 5.41) is 12.4. The zero-order chi connectivity index (χ0) is 12.4. The molecular weight excluding hydrogens is 238 g/mol. The van der Waals surface area contributed by atoms with E-state index in [4.69, 9.17) is 10.9 Å². The molecule has 0 saturated heterocycles. The van der Waals surface area contributed by atoms with E-state index in [9.17, 15) is 0 Å². The van der Waals surface area contributed by atoms with Crippen molar-refractivity contribution in [2.24, 2.45) is 10.9 Å². The Kier molecular flexibility index (Phi) is 3.10. The van der Waals surface area contributed by atoms with Crippen LogP contribution in [0.25, 0.3) is 5.13 Å². The molecule has 2 rings (SSSR count). The molecule has 0 aliphatic rings. The quantitative estimate of drug-likeness (QED) is 0.375. The second kappa shape index (κ2) is 4.54. The zero-order valence-electron chi connectivity index (χ0n) is 9.53. The van der Waals surface area contributed by atoms with Gasteiger partial charge in [-0.25, -0.2) is 4.98 Å². The Morgan fingerprint density at radius 2 is 2.35 bits per heavy atom. The van der Waals surface area contributed by atoms with E-state index >= 15 is 0 Å². The summed E-state index contributed by atoms with van der Waals surface area (Å²) >= 11 is 1.29. The predicted octanol–water partition coefficient (Wildman–Crippen LogP) is 1.55. The normalized spacial score (nSPS) is 12.3. The van der Waals surface area contributed by atoms with E-state index in [1.165, 1.54) is 11.5 Å². The van der Waals surface area contributed by atoms with Gasteiger partial charge in [-0.3, -0.25) is 4.57 Å². The van der Waals surface area contributed by atoms with Crippen molar-refractivity contribution in [3.63, 3.8) is 0 Å². The maximum absolute atomic E-state index is 8.69. The molecule has 7 heteroatoms. The molecule has 0 atom stereocenters. The summed E-state index contributed by atoms with van der Waals surface area (Å²) in [6, 6.07) is 3.56. The van der Waals surface area contributed by atoms with E-state index in [-0.39, 0.29) is 11.8 Å². The van der Waals surface area contributed by atoms with Crippen LogP contribution in [-0.4, -0.2) is 25.0 Å². The van der Waals surface area contributed by atoms with Crippen LogP contribution in [0.5, 0.6) is 0 Å². The Labute approximate surface area is 103 Å². The molecule has 0 aromatic carbocycles. The third kappa shape index (κ3) is 2.14. The van der Waals surface area contributed by atoms with Crippen molar-refractivity contribution in [3.05, 3.63) is 29.8 Å². The fourth-order valence-corrected chi connectivity index (χ4v) is 2.17. The van der Waals surface area contributed by atoms with Gasteiger partial charge in [-0.15, -0.1) is 0 Å². The van der Waals surface area contributed by atoms with E-state index in [1.807, 2.05) is 19.9 Å². The average Bonchev–Trinajstić information content (AvgIpc) is 2.95. The van der Waals surface area contributed by atoms with E-state index in [0.717, 1.165) is 5.82 Å². The van der Waals surface area contributed by atoms with Crippen LogP contribution in [0, 0.1) is 0 Å². The summed E-state index contributed by atoms with van der Waals surface area (Å²) in [6.07, 6.45) is 1.80. The molecule has 2 aromatic rings. The van der Waals surface area contributed by atoms with Crippen LogP contribution in [0.2, 0.25) is 0 Å². The summed E-state index contributed by atoms with van der Waals surface area (Å²) in [4.78, 5) is 4.41. The molecule has 0 saturated carbocycles. The van der Waals surface area contributed by atoms with Crippen LogP contribution in [0.15, 0.2) is 23.5 Å². The third-order valence-corrected chi connectivity index (χ3v) is 3.00. The van der Waals surface area contributed by atoms with Crippen molar-refractivity contribution < 1.29 is 5.21 Å². The molecule has 0 amide bonds. The topological polar surface area (TPSA) is 89.3 Å². The van der Waals surface area contributed by atoms with Crippen LogP contribution >= 0.6 is 11.5 Å². The zero-order valence-corrected chi connectivity index (χ0v) is 10.3. The van der Waals surface area contributed by atoms with Gasteiger partial charge in [0.15, 0.2) is 5.84 Å². The second-order valence-corrected chi connectivity index (χ2v) is 4.57. The summed E-state index contributed by atoms with van der Waals surface area (Å²) in [7, 11) is 0. The highest BCUT2D eigenvalue weighted by Crippen LogP contribution is 2.18. The molecule has 3 N–H and O–H groups in total. The number of oxime groups is 1. The highest BCUT2D eigenvalue weighted by molar-refractivity contribution is 7.08. The first-order valence-corrected chi connectivity index (χ1v) is 5.90. The summed E-state index contributed by atoms with van der Waals surface area (Å²) in [5.41, 5.74) is 6.18. The first-order chi connectivity index (χ1) is 8.13. The van der Waals surface area contributed by atoms with E-state index < -0.39 is 0 Å². The maximum atomic E-state index is 8.69. The number of amidine groups is 1. The lowest BCUT2D eigenvalue weighted by molar-refractivity contribution is 0.318. The van der Waals surface area contributed by atoms with Crippen molar-refractivity contribution in [3.8, 4) is 5.13 Å². The molecule has 90 valence electrons. The number of aromatic nitrogens is 3. The minimum absolute atomic E-state index is 0.0521. The molecule has 0 spiro atoms. The molecular formula is C10H13N5OS. The maximum Gasteiger partial charge on any atom is 0.214 e. The molecule has 0 unspecified atom stereocenters. The molecule has 2 heterocycles. The second-order valence-electron chi connectivity index (χ2n) is 3.84. The van der Waals surface area contributed by atoms with Gasteiger partial charge < -0.3 is 10.9 Å². The predicted molar refractivity (Wildman–Crippen MR) is 65.8 cm³/mol. The summed E-state index contributed by atoms with van der Waals surface area (Å²) in [6.45, 7) is 4.07. The molecule has 0 aliphatic heterocycles. The smallest absolute Gasteiger partial charge is 0.214 e. The Hall–Kier alpha value is -1.89. The highest BCUT2D eigenvalue weighted by Gasteiger charge is 2.13. The lowest BCUT2D eigenvalue weighted by Gasteiger charge is -2.02. The third-order valence-electron chi connectivity index (χ3n) is 2.27. The summed E-state index contributed by atoms with van der Waals surface area (Å²) in [5.74, 6) is 1.13. The van der Waals surface area contributed by atoms with Gasteiger partial charge >= 0.3 is 0 Å². The van der Waals surface area contributed by atoms with Crippen molar-refractivity contribution >= 4 is 17.4 Å². The Morgan fingerprint density at radius 1 is 1.59 bits per heavy atom. The Bertz CT molecular complexity index is 542. The minimum Gasteiger partial charge on any atom is -0.409 e. The van der Waals surface area contributed by atoms with E-state index in [0.29, 0.717) is 10.8 Å². The van der Waals surface area contributed by atoms with Gasteiger partial charge in [0.2, 0.25) is 5.13 Å². The molecule has 0 aliphatic carbocycles. The number of nitrogens with two attached hydrogens (primary N) is 1. The van der Waals surface area contributed by atoms with Gasteiger partial charge in [0.05, 0.1) is 5.69 Å². The van der Waals surface area contributed by atoms with Crippen molar-refractivity contribution in [2.75, 3.05) is 0 Å². The van der Waals surface area contributed by atoms with Crippen LogP contribution in [-0.2, 0) is 0 Å². The number of rotatable bonds is 3. The number of hydrogen-bond donors (Lipinski definition) is 2. The first-order valence-electron chi connectivity index (χ1n) is 5.12. The fourth-order valence-electron chi connectivity index (χ4n) is 1.37. The average molecular weight is 251 g/mol. The molecule has 0 bridgehead atoms. The Balaban J connectivity index is 2.43. The number of nitrogens with zero attached hydrogens (tertiary/aromatic N) is 4. The summed E-state index contributed by atoms with van der Waals surface area (Å²) < 4.78 is 6.01. The van der Waals surface area contributed by atoms with Crippen LogP contribution in [0.4, 0.5) is 0 Å². The van der Waals surface area contributed by atoms with Gasteiger partial charge in [-0.2, -0.15) is 4.37 Å².